The lowest BCUT2D eigenvalue weighted by atomic mass is 10.2. The van der Waals surface area contributed by atoms with Crippen molar-refractivity contribution in [2.24, 2.45) is 0 Å². The highest BCUT2D eigenvalue weighted by Crippen LogP contribution is 2.32. The van der Waals surface area contributed by atoms with Crippen LogP contribution in [0.2, 0.25) is 5.02 Å². The van der Waals surface area contributed by atoms with Crippen LogP contribution in [0.5, 0.6) is 0 Å². The van der Waals surface area contributed by atoms with Crippen LogP contribution >= 0.6 is 34.7 Å². The fraction of sp³-hybridized carbons (Fsp3) is 0.136. The average molecular weight is 440 g/mol. The molecule has 7 heteroatoms. The van der Waals surface area contributed by atoms with Crippen LogP contribution in [0.25, 0.3) is 10.2 Å². The molecule has 2 heterocycles. The number of fused-ring (bicyclic) bond motifs is 1. The van der Waals surface area contributed by atoms with Gasteiger partial charge in [-0.3, -0.25) is 14.7 Å². The molecule has 4 nitrogen and oxygen atoms in total. The molecule has 0 saturated carbocycles. The minimum atomic E-state index is -0.103. The molecular formula is C22H18ClN3OS2. The summed E-state index contributed by atoms with van der Waals surface area (Å²) in [6.45, 7) is 2.45. The summed E-state index contributed by atoms with van der Waals surface area (Å²) in [5.74, 6) is 0.890. The molecule has 0 aliphatic rings. The van der Waals surface area contributed by atoms with Crippen LogP contribution in [-0.4, -0.2) is 21.6 Å². The molecular weight excluding hydrogens is 422 g/mol. The van der Waals surface area contributed by atoms with Crippen LogP contribution in [0, 0.1) is 0 Å². The Balaban J connectivity index is 1.71. The standard InChI is InChI=1S/C22H18ClN3OS2/c1-2-28-18-9-6-15(7-10-18)21(27)26(14-17-5-3-4-12-24-17)22-25-19-11-8-16(23)13-20(19)29-22/h3-13H,2,14H2,1H3. The number of thiazole rings is 1. The van der Waals surface area contributed by atoms with Gasteiger partial charge in [0, 0.05) is 21.7 Å². The van der Waals surface area contributed by atoms with Crippen LogP contribution in [0.15, 0.2) is 71.8 Å². The molecule has 0 aliphatic heterocycles. The first-order valence-corrected chi connectivity index (χ1v) is 11.3. The number of nitrogens with zero attached hydrogens (tertiary/aromatic N) is 3. The minimum absolute atomic E-state index is 0.103. The molecule has 2 aromatic carbocycles. The van der Waals surface area contributed by atoms with Crippen molar-refractivity contribution < 1.29 is 4.79 Å². The topological polar surface area (TPSA) is 46.1 Å². The molecule has 0 spiro atoms. The molecule has 0 radical (unpaired) electrons. The molecule has 4 aromatic rings. The van der Waals surface area contributed by atoms with E-state index >= 15 is 0 Å². The van der Waals surface area contributed by atoms with Gasteiger partial charge in [0.15, 0.2) is 5.13 Å². The molecule has 0 atom stereocenters. The fourth-order valence-corrected chi connectivity index (χ4v) is 4.80. The van der Waals surface area contributed by atoms with E-state index in [1.54, 1.807) is 22.9 Å². The number of rotatable bonds is 6. The zero-order valence-electron chi connectivity index (χ0n) is 15.7. The number of hydrogen-bond donors (Lipinski definition) is 0. The number of thioether (sulfide) groups is 1. The predicted molar refractivity (Wildman–Crippen MR) is 122 cm³/mol. The normalized spacial score (nSPS) is 11.0. The lowest BCUT2D eigenvalue weighted by molar-refractivity contribution is 0.0984. The number of halogens is 1. The quantitative estimate of drug-likeness (QED) is 0.330. The zero-order valence-corrected chi connectivity index (χ0v) is 18.1. The third-order valence-electron chi connectivity index (χ3n) is 4.27. The first kappa shape index (κ1) is 19.9. The van der Waals surface area contributed by atoms with Crippen molar-refractivity contribution >= 4 is 56.0 Å². The van der Waals surface area contributed by atoms with Crippen molar-refractivity contribution in [2.75, 3.05) is 10.7 Å². The predicted octanol–water partition coefficient (Wildman–Crippen LogP) is 6.30. The summed E-state index contributed by atoms with van der Waals surface area (Å²) in [4.78, 5) is 25.3. The molecule has 1 amide bonds. The third-order valence-corrected chi connectivity index (χ3v) is 6.44. The highest BCUT2D eigenvalue weighted by molar-refractivity contribution is 7.99. The zero-order chi connectivity index (χ0) is 20.2. The Kier molecular flexibility index (Phi) is 6.13. The molecule has 0 unspecified atom stereocenters. The van der Waals surface area contributed by atoms with Crippen molar-refractivity contribution in [3.05, 3.63) is 83.1 Å². The van der Waals surface area contributed by atoms with E-state index in [1.807, 2.05) is 60.7 Å². The van der Waals surface area contributed by atoms with E-state index in [0.29, 0.717) is 22.3 Å². The number of carbonyl (C=O) groups is 1. The number of amides is 1. The van der Waals surface area contributed by atoms with Crippen LogP contribution in [0.3, 0.4) is 0 Å². The van der Waals surface area contributed by atoms with Crippen LogP contribution in [-0.2, 0) is 6.54 Å². The van der Waals surface area contributed by atoms with Crippen LogP contribution in [0.1, 0.15) is 23.0 Å². The summed E-state index contributed by atoms with van der Waals surface area (Å²) >= 11 is 9.32. The molecule has 2 aromatic heterocycles. The average Bonchev–Trinajstić information content (AvgIpc) is 3.16. The number of pyridine rings is 1. The maximum Gasteiger partial charge on any atom is 0.260 e. The van der Waals surface area contributed by atoms with Gasteiger partial charge in [0.1, 0.15) is 0 Å². The third kappa shape index (κ3) is 4.61. The van der Waals surface area contributed by atoms with Gasteiger partial charge in [-0.2, -0.15) is 0 Å². The molecule has 4 rings (SSSR count). The van der Waals surface area contributed by atoms with Gasteiger partial charge in [0.25, 0.3) is 5.91 Å². The second-order valence-electron chi connectivity index (χ2n) is 6.28. The first-order valence-electron chi connectivity index (χ1n) is 9.15. The number of hydrogen-bond acceptors (Lipinski definition) is 5. The lowest BCUT2D eigenvalue weighted by Gasteiger charge is -2.19. The molecule has 0 bridgehead atoms. The summed E-state index contributed by atoms with van der Waals surface area (Å²) in [7, 11) is 0. The number of anilines is 1. The monoisotopic (exact) mass is 439 g/mol. The van der Waals surface area contributed by atoms with Crippen molar-refractivity contribution in [1.29, 1.82) is 0 Å². The molecule has 0 aliphatic carbocycles. The molecule has 146 valence electrons. The van der Waals surface area contributed by atoms with E-state index in [4.69, 9.17) is 11.6 Å². The van der Waals surface area contributed by atoms with Crippen molar-refractivity contribution in [3.8, 4) is 0 Å². The molecule has 29 heavy (non-hydrogen) atoms. The van der Waals surface area contributed by atoms with E-state index < -0.39 is 0 Å². The summed E-state index contributed by atoms with van der Waals surface area (Å²) in [5, 5.41) is 1.28. The maximum atomic E-state index is 13.4. The van der Waals surface area contributed by atoms with Crippen molar-refractivity contribution in [1.82, 2.24) is 9.97 Å². The van der Waals surface area contributed by atoms with E-state index in [2.05, 4.69) is 16.9 Å². The van der Waals surface area contributed by atoms with E-state index in [0.717, 1.165) is 26.6 Å². The van der Waals surface area contributed by atoms with Gasteiger partial charge in [-0.25, -0.2) is 4.98 Å². The Hall–Kier alpha value is -2.41. The molecule has 0 saturated heterocycles. The smallest absolute Gasteiger partial charge is 0.260 e. The Morgan fingerprint density at radius 1 is 1.14 bits per heavy atom. The first-order chi connectivity index (χ1) is 14.1. The molecule has 0 fully saturated rings. The van der Waals surface area contributed by atoms with Gasteiger partial charge < -0.3 is 0 Å². The fourth-order valence-electron chi connectivity index (χ4n) is 2.90. The number of aromatic nitrogens is 2. The Bertz CT molecular complexity index is 1130. The van der Waals surface area contributed by atoms with Gasteiger partial charge in [0.2, 0.25) is 0 Å². The lowest BCUT2D eigenvalue weighted by Crippen LogP contribution is -2.30. The van der Waals surface area contributed by atoms with Crippen LogP contribution in [0.4, 0.5) is 5.13 Å². The number of benzene rings is 2. The van der Waals surface area contributed by atoms with Crippen molar-refractivity contribution in [3.63, 3.8) is 0 Å². The van der Waals surface area contributed by atoms with Crippen molar-refractivity contribution in [2.45, 2.75) is 18.4 Å². The summed E-state index contributed by atoms with van der Waals surface area (Å²) in [6.07, 6.45) is 1.73. The van der Waals surface area contributed by atoms with Gasteiger partial charge in [-0.15, -0.1) is 11.8 Å². The van der Waals surface area contributed by atoms with Gasteiger partial charge in [0.05, 0.1) is 22.5 Å². The van der Waals surface area contributed by atoms with E-state index in [1.165, 1.54) is 11.3 Å². The Morgan fingerprint density at radius 2 is 1.97 bits per heavy atom. The maximum absolute atomic E-state index is 13.4. The second-order valence-corrected chi connectivity index (χ2v) is 9.06. The Morgan fingerprint density at radius 3 is 2.69 bits per heavy atom. The molecule has 0 N–H and O–H groups in total. The highest BCUT2D eigenvalue weighted by Gasteiger charge is 2.22. The van der Waals surface area contributed by atoms with Gasteiger partial charge >= 0.3 is 0 Å². The summed E-state index contributed by atoms with van der Waals surface area (Å²) in [5.41, 5.74) is 2.25. The number of carbonyl (C=O) groups excluding carboxylic acids is 1. The van der Waals surface area contributed by atoms with Gasteiger partial charge in [-0.1, -0.05) is 35.9 Å². The minimum Gasteiger partial charge on any atom is -0.278 e. The summed E-state index contributed by atoms with van der Waals surface area (Å²) in [6, 6.07) is 19.0. The highest BCUT2D eigenvalue weighted by atomic mass is 35.5. The van der Waals surface area contributed by atoms with E-state index in [9.17, 15) is 4.79 Å². The van der Waals surface area contributed by atoms with Crippen LogP contribution < -0.4 is 4.90 Å². The Labute approximate surface area is 182 Å². The SMILES string of the molecule is CCSc1ccc(C(=O)N(Cc2ccccn2)c2nc3ccc(Cl)cc3s2)cc1. The largest absolute Gasteiger partial charge is 0.278 e. The van der Waals surface area contributed by atoms with E-state index in [-0.39, 0.29) is 5.91 Å². The second kappa shape index (κ2) is 8.95. The van der Waals surface area contributed by atoms with Gasteiger partial charge in [-0.05, 0) is 60.4 Å². The summed E-state index contributed by atoms with van der Waals surface area (Å²) < 4.78 is 0.945.